The van der Waals surface area contributed by atoms with Gasteiger partial charge in [-0.1, -0.05) is 30.3 Å². The molecule has 72 valence electrons. The summed E-state index contributed by atoms with van der Waals surface area (Å²) in [4.78, 5) is 2.48. The zero-order valence-electron chi connectivity index (χ0n) is 8.53. The number of hydrogen-bond acceptors (Lipinski definition) is 1. The Labute approximate surface area is 85.0 Å². The van der Waals surface area contributed by atoms with E-state index in [1.165, 1.54) is 30.5 Å². The van der Waals surface area contributed by atoms with E-state index in [0.29, 0.717) is 6.04 Å². The van der Waals surface area contributed by atoms with E-state index in [-0.39, 0.29) is 0 Å². The maximum absolute atomic E-state index is 2.48. The van der Waals surface area contributed by atoms with E-state index in [9.17, 15) is 0 Å². The van der Waals surface area contributed by atoms with Crippen LogP contribution in [0, 0.1) is 0 Å². The van der Waals surface area contributed by atoms with Crippen LogP contribution in [0.4, 0.5) is 0 Å². The van der Waals surface area contributed by atoms with Crippen LogP contribution in [-0.4, -0.2) is 24.5 Å². The summed E-state index contributed by atoms with van der Waals surface area (Å²) in [5.41, 5.74) is 4.58. The third kappa shape index (κ3) is 1.05. The number of rotatable bonds is 0. The summed E-state index contributed by atoms with van der Waals surface area (Å²) in [6.07, 6.45) is 4.84. The molecule has 2 aliphatic rings. The van der Waals surface area contributed by atoms with Gasteiger partial charge < -0.3 is 0 Å². The molecular formula is C13H15N. The SMILES string of the molecule is CN1CCC=C2c3ccccc3CC21. The van der Waals surface area contributed by atoms with Gasteiger partial charge in [-0.25, -0.2) is 0 Å². The van der Waals surface area contributed by atoms with E-state index in [4.69, 9.17) is 0 Å². The average Bonchev–Trinajstić information content (AvgIpc) is 2.59. The molecule has 1 nitrogen and oxygen atoms in total. The van der Waals surface area contributed by atoms with E-state index >= 15 is 0 Å². The van der Waals surface area contributed by atoms with Gasteiger partial charge in [-0.3, -0.25) is 4.90 Å². The lowest BCUT2D eigenvalue weighted by atomic mass is 10.0. The molecule has 0 saturated carbocycles. The molecule has 0 spiro atoms. The Hall–Kier alpha value is -1.08. The first-order valence-electron chi connectivity index (χ1n) is 5.35. The summed E-state index contributed by atoms with van der Waals surface area (Å²) < 4.78 is 0. The molecule has 0 amide bonds. The smallest absolute Gasteiger partial charge is 0.0388 e. The molecule has 1 aromatic carbocycles. The zero-order valence-corrected chi connectivity index (χ0v) is 8.53. The molecule has 0 radical (unpaired) electrons. The van der Waals surface area contributed by atoms with Gasteiger partial charge in [0.2, 0.25) is 0 Å². The summed E-state index contributed by atoms with van der Waals surface area (Å²) in [6.45, 7) is 1.21. The van der Waals surface area contributed by atoms with Crippen LogP contribution in [0.2, 0.25) is 0 Å². The Morgan fingerprint density at radius 1 is 1.29 bits per heavy atom. The van der Waals surface area contributed by atoms with Gasteiger partial charge in [0, 0.05) is 12.6 Å². The fraction of sp³-hybridized carbons (Fsp3) is 0.385. The van der Waals surface area contributed by atoms with E-state index in [1.807, 2.05) is 0 Å². The maximum Gasteiger partial charge on any atom is 0.0388 e. The Kier molecular flexibility index (Phi) is 1.74. The summed E-state index contributed by atoms with van der Waals surface area (Å²) in [5, 5.41) is 0. The van der Waals surface area contributed by atoms with Crippen LogP contribution < -0.4 is 0 Å². The van der Waals surface area contributed by atoms with Gasteiger partial charge in [0.05, 0.1) is 0 Å². The molecule has 1 aromatic rings. The van der Waals surface area contributed by atoms with Gasteiger partial charge in [0.15, 0.2) is 0 Å². The van der Waals surface area contributed by atoms with Gasteiger partial charge in [-0.15, -0.1) is 0 Å². The number of fused-ring (bicyclic) bond motifs is 3. The van der Waals surface area contributed by atoms with Crippen molar-refractivity contribution in [1.29, 1.82) is 0 Å². The molecule has 1 atom stereocenters. The molecule has 0 aromatic heterocycles. The second-order valence-corrected chi connectivity index (χ2v) is 4.31. The monoisotopic (exact) mass is 185 g/mol. The third-order valence-corrected chi connectivity index (χ3v) is 3.48. The lowest BCUT2D eigenvalue weighted by Crippen LogP contribution is -2.34. The quantitative estimate of drug-likeness (QED) is 0.599. The lowest BCUT2D eigenvalue weighted by Gasteiger charge is -2.29. The molecule has 1 heterocycles. The zero-order chi connectivity index (χ0) is 9.54. The molecule has 0 saturated heterocycles. The second kappa shape index (κ2) is 2.96. The highest BCUT2D eigenvalue weighted by atomic mass is 15.1. The van der Waals surface area contributed by atoms with Gasteiger partial charge in [-0.2, -0.15) is 0 Å². The minimum Gasteiger partial charge on any atom is -0.299 e. The predicted octanol–water partition coefficient (Wildman–Crippen LogP) is 2.33. The predicted molar refractivity (Wildman–Crippen MR) is 59.2 cm³/mol. The van der Waals surface area contributed by atoms with Crippen molar-refractivity contribution in [2.24, 2.45) is 0 Å². The topological polar surface area (TPSA) is 3.24 Å². The van der Waals surface area contributed by atoms with Crippen molar-refractivity contribution in [3.63, 3.8) is 0 Å². The minimum atomic E-state index is 0.654. The number of nitrogens with zero attached hydrogens (tertiary/aromatic N) is 1. The van der Waals surface area contributed by atoms with Crippen LogP contribution in [0.1, 0.15) is 17.5 Å². The van der Waals surface area contributed by atoms with Crippen molar-refractivity contribution in [1.82, 2.24) is 4.90 Å². The van der Waals surface area contributed by atoms with E-state index in [1.54, 1.807) is 5.57 Å². The van der Waals surface area contributed by atoms with E-state index < -0.39 is 0 Å². The Bertz CT molecular complexity index is 392. The lowest BCUT2D eigenvalue weighted by molar-refractivity contribution is 0.289. The van der Waals surface area contributed by atoms with Crippen molar-refractivity contribution in [2.75, 3.05) is 13.6 Å². The molecule has 0 N–H and O–H groups in total. The van der Waals surface area contributed by atoms with Crippen LogP contribution >= 0.6 is 0 Å². The van der Waals surface area contributed by atoms with Crippen LogP contribution in [0.15, 0.2) is 30.3 Å². The molecule has 1 aliphatic heterocycles. The standard InChI is InChI=1S/C13H15N/c1-14-8-4-7-12-11-6-3-2-5-10(11)9-13(12)14/h2-3,5-7,13H,4,8-9H2,1H3. The van der Waals surface area contributed by atoms with Gasteiger partial charge in [-0.05, 0) is 36.6 Å². The van der Waals surface area contributed by atoms with Gasteiger partial charge >= 0.3 is 0 Å². The van der Waals surface area contributed by atoms with Gasteiger partial charge in [0.1, 0.15) is 0 Å². The van der Waals surface area contributed by atoms with Crippen LogP contribution in [0.3, 0.4) is 0 Å². The van der Waals surface area contributed by atoms with E-state index in [2.05, 4.69) is 42.3 Å². The molecule has 14 heavy (non-hydrogen) atoms. The van der Waals surface area contributed by atoms with Crippen molar-refractivity contribution in [3.05, 3.63) is 41.5 Å². The molecule has 1 heteroatoms. The highest BCUT2D eigenvalue weighted by molar-refractivity contribution is 5.77. The number of hydrogen-bond donors (Lipinski definition) is 0. The number of likely N-dealkylation sites (N-methyl/N-ethyl adjacent to an activating group) is 1. The maximum atomic E-state index is 2.48. The Morgan fingerprint density at radius 3 is 3.07 bits per heavy atom. The largest absolute Gasteiger partial charge is 0.299 e. The highest BCUT2D eigenvalue weighted by Crippen LogP contribution is 2.37. The normalized spacial score (nSPS) is 25.5. The van der Waals surface area contributed by atoms with Crippen LogP contribution in [0.25, 0.3) is 5.57 Å². The Morgan fingerprint density at radius 2 is 2.14 bits per heavy atom. The third-order valence-electron chi connectivity index (χ3n) is 3.48. The molecule has 1 unspecified atom stereocenters. The minimum absolute atomic E-state index is 0.654. The number of benzene rings is 1. The molecule has 0 fully saturated rings. The first-order chi connectivity index (χ1) is 6.86. The van der Waals surface area contributed by atoms with Crippen molar-refractivity contribution >= 4 is 5.57 Å². The van der Waals surface area contributed by atoms with Crippen molar-refractivity contribution < 1.29 is 0 Å². The Balaban J connectivity index is 2.11. The first-order valence-corrected chi connectivity index (χ1v) is 5.35. The molecule has 3 rings (SSSR count). The molecule has 0 bridgehead atoms. The first kappa shape index (κ1) is 8.25. The average molecular weight is 185 g/mol. The fourth-order valence-electron chi connectivity index (χ4n) is 2.70. The highest BCUT2D eigenvalue weighted by Gasteiger charge is 2.30. The summed E-state index contributed by atoms with van der Waals surface area (Å²) >= 11 is 0. The molecule has 1 aliphatic carbocycles. The second-order valence-electron chi connectivity index (χ2n) is 4.31. The van der Waals surface area contributed by atoms with E-state index in [0.717, 1.165) is 0 Å². The van der Waals surface area contributed by atoms with Crippen LogP contribution in [0.5, 0.6) is 0 Å². The van der Waals surface area contributed by atoms with Crippen LogP contribution in [-0.2, 0) is 6.42 Å². The summed E-state index contributed by atoms with van der Waals surface area (Å²) in [6, 6.07) is 9.48. The van der Waals surface area contributed by atoms with Crippen molar-refractivity contribution in [3.8, 4) is 0 Å². The van der Waals surface area contributed by atoms with Crippen molar-refractivity contribution in [2.45, 2.75) is 18.9 Å². The fourth-order valence-corrected chi connectivity index (χ4v) is 2.70. The summed E-state index contributed by atoms with van der Waals surface area (Å²) in [5.74, 6) is 0. The van der Waals surface area contributed by atoms with Gasteiger partial charge in [0.25, 0.3) is 0 Å². The molecular weight excluding hydrogens is 170 g/mol. The summed E-state index contributed by atoms with van der Waals surface area (Å²) in [7, 11) is 2.24.